The topological polar surface area (TPSA) is 34.1 Å². The van der Waals surface area contributed by atoms with E-state index in [0.717, 1.165) is 0 Å². The van der Waals surface area contributed by atoms with Crippen LogP contribution in [0.4, 0.5) is 0 Å². The first kappa shape index (κ1) is 8.59. The molecule has 0 saturated heterocycles. The van der Waals surface area contributed by atoms with Crippen molar-refractivity contribution < 1.29 is 8.42 Å². The molecule has 0 spiro atoms. The lowest BCUT2D eigenvalue weighted by atomic mass is 11.0. The summed E-state index contributed by atoms with van der Waals surface area (Å²) in [6.07, 6.45) is 1.84. The van der Waals surface area contributed by atoms with Crippen LogP contribution in [0.3, 0.4) is 0 Å². The molecule has 0 fully saturated rings. The maximum atomic E-state index is 10.1. The minimum Gasteiger partial charge on any atom is -0.212 e. The summed E-state index contributed by atoms with van der Waals surface area (Å²) in [4.78, 5) is 0. The van der Waals surface area contributed by atoms with Crippen LogP contribution in [0.5, 0.6) is 0 Å². The smallest absolute Gasteiger partial charge is 0.212 e. The number of rotatable bonds is 3. The molecular weight excluding hydrogens is 168 g/mol. The first-order chi connectivity index (χ1) is 3.56. The average molecular weight is 175 g/mol. The van der Waals surface area contributed by atoms with Crippen LogP contribution in [0.15, 0.2) is 0 Å². The second-order valence-corrected chi connectivity index (χ2v) is 5.12. The van der Waals surface area contributed by atoms with Gasteiger partial charge in [0.05, 0.1) is 5.75 Å². The van der Waals surface area contributed by atoms with Gasteiger partial charge in [-0.25, -0.2) is 8.42 Å². The summed E-state index contributed by atoms with van der Waals surface area (Å²) < 4.78 is 20.3. The number of halogens is 1. The van der Waals surface area contributed by atoms with Gasteiger partial charge in [0.2, 0.25) is 9.05 Å². The van der Waals surface area contributed by atoms with Crippen molar-refractivity contribution in [2.24, 2.45) is 0 Å². The fourth-order valence-electron chi connectivity index (χ4n) is 0.183. The predicted molar refractivity (Wildman–Crippen MR) is 38.0 cm³/mol. The van der Waals surface area contributed by atoms with Crippen molar-refractivity contribution in [3.05, 3.63) is 0 Å². The lowest BCUT2D eigenvalue weighted by molar-refractivity contribution is 0.611. The summed E-state index contributed by atoms with van der Waals surface area (Å²) in [6, 6.07) is 0. The van der Waals surface area contributed by atoms with Crippen molar-refractivity contribution in [3.63, 3.8) is 0 Å². The zero-order valence-electron chi connectivity index (χ0n) is 4.43. The van der Waals surface area contributed by atoms with Gasteiger partial charge in [-0.1, -0.05) is 0 Å². The molecule has 5 heteroatoms. The Morgan fingerprint density at radius 2 is 2.12 bits per heavy atom. The Bertz CT molecular complexity index is 139. The van der Waals surface area contributed by atoms with Crippen molar-refractivity contribution in [2.45, 2.75) is 0 Å². The number of hydrogen-bond donors (Lipinski definition) is 0. The molecule has 0 aliphatic rings. The predicted octanol–water partition coefficient (Wildman–Crippen LogP) is 0.918. The fraction of sp³-hybridized carbons (Fsp3) is 1.00. The molecular formula is C3H7ClO2S2. The zero-order chi connectivity index (χ0) is 6.62. The molecule has 0 rings (SSSR count). The van der Waals surface area contributed by atoms with E-state index < -0.39 is 9.05 Å². The summed E-state index contributed by atoms with van der Waals surface area (Å²) in [5.41, 5.74) is 0. The van der Waals surface area contributed by atoms with E-state index in [0.29, 0.717) is 5.75 Å². The molecule has 0 atom stereocenters. The first-order valence-electron chi connectivity index (χ1n) is 1.97. The Morgan fingerprint density at radius 3 is 2.25 bits per heavy atom. The van der Waals surface area contributed by atoms with Gasteiger partial charge in [0.25, 0.3) is 0 Å². The van der Waals surface area contributed by atoms with Gasteiger partial charge in [-0.2, -0.15) is 11.8 Å². The molecule has 0 aromatic rings. The molecule has 0 unspecified atom stereocenters. The van der Waals surface area contributed by atoms with Gasteiger partial charge < -0.3 is 0 Å². The quantitative estimate of drug-likeness (QED) is 0.597. The number of thioether (sulfide) groups is 1. The molecule has 0 aliphatic carbocycles. The fourth-order valence-corrected chi connectivity index (χ4v) is 2.21. The summed E-state index contributed by atoms with van der Waals surface area (Å²) >= 11 is 1.46. The molecule has 0 amide bonds. The van der Waals surface area contributed by atoms with Crippen molar-refractivity contribution in [1.82, 2.24) is 0 Å². The maximum absolute atomic E-state index is 10.1. The van der Waals surface area contributed by atoms with Crippen molar-refractivity contribution in [1.29, 1.82) is 0 Å². The minimum atomic E-state index is -3.23. The van der Waals surface area contributed by atoms with Crippen LogP contribution in [-0.2, 0) is 9.05 Å². The molecule has 0 radical (unpaired) electrons. The Labute approximate surface area is 58.0 Å². The molecule has 8 heavy (non-hydrogen) atoms. The SMILES string of the molecule is CSCCS(=O)(=O)Cl. The van der Waals surface area contributed by atoms with Gasteiger partial charge in [0.1, 0.15) is 0 Å². The Hall–Kier alpha value is 0.590. The lowest BCUT2D eigenvalue weighted by Crippen LogP contribution is -1.98. The van der Waals surface area contributed by atoms with Crippen LogP contribution < -0.4 is 0 Å². The third-order valence-electron chi connectivity index (χ3n) is 0.531. The zero-order valence-corrected chi connectivity index (χ0v) is 6.81. The monoisotopic (exact) mass is 174 g/mol. The highest BCUT2D eigenvalue weighted by Gasteiger charge is 2.01. The Kier molecular flexibility index (Phi) is 3.85. The molecule has 50 valence electrons. The van der Waals surface area contributed by atoms with Crippen molar-refractivity contribution >= 4 is 31.5 Å². The molecule has 0 aromatic heterocycles. The van der Waals surface area contributed by atoms with Gasteiger partial charge in [-0.3, -0.25) is 0 Å². The van der Waals surface area contributed by atoms with E-state index in [2.05, 4.69) is 0 Å². The van der Waals surface area contributed by atoms with E-state index in [1.54, 1.807) is 0 Å². The van der Waals surface area contributed by atoms with Gasteiger partial charge in [0, 0.05) is 16.4 Å². The van der Waals surface area contributed by atoms with Crippen LogP contribution in [-0.4, -0.2) is 26.2 Å². The minimum absolute atomic E-state index is 0.0652. The lowest BCUT2D eigenvalue weighted by Gasteiger charge is -1.88. The van der Waals surface area contributed by atoms with Crippen LogP contribution in [0.1, 0.15) is 0 Å². The van der Waals surface area contributed by atoms with Crippen LogP contribution in [0, 0.1) is 0 Å². The van der Waals surface area contributed by atoms with Gasteiger partial charge in [0.15, 0.2) is 0 Å². The van der Waals surface area contributed by atoms with E-state index in [4.69, 9.17) is 10.7 Å². The summed E-state index contributed by atoms with van der Waals surface area (Å²) in [7, 11) is 1.64. The molecule has 2 nitrogen and oxygen atoms in total. The maximum Gasteiger partial charge on any atom is 0.233 e. The number of hydrogen-bond acceptors (Lipinski definition) is 3. The first-order valence-corrected chi connectivity index (χ1v) is 5.85. The molecule has 0 aliphatic heterocycles. The molecule has 0 bridgehead atoms. The standard InChI is InChI=1S/C3H7ClO2S2/c1-7-2-3-8(4,5)6/h2-3H2,1H3. The van der Waals surface area contributed by atoms with Gasteiger partial charge in [-0.05, 0) is 6.26 Å². The van der Waals surface area contributed by atoms with Crippen LogP contribution in [0.2, 0.25) is 0 Å². The molecule has 0 aromatic carbocycles. The van der Waals surface area contributed by atoms with Gasteiger partial charge >= 0.3 is 0 Å². The highest BCUT2D eigenvalue weighted by atomic mass is 35.7. The van der Waals surface area contributed by atoms with Gasteiger partial charge in [-0.15, -0.1) is 0 Å². The highest BCUT2D eigenvalue weighted by molar-refractivity contribution is 8.14. The van der Waals surface area contributed by atoms with Crippen LogP contribution >= 0.6 is 22.4 Å². The second-order valence-electron chi connectivity index (χ2n) is 1.24. The van der Waals surface area contributed by atoms with E-state index >= 15 is 0 Å². The Balaban J connectivity index is 3.42. The average Bonchev–Trinajstić information content (AvgIpc) is 1.59. The third-order valence-corrected chi connectivity index (χ3v) is 2.56. The van der Waals surface area contributed by atoms with Crippen molar-refractivity contribution in [3.8, 4) is 0 Å². The summed E-state index contributed by atoms with van der Waals surface area (Å²) in [5.74, 6) is 0.640. The molecule has 0 heterocycles. The summed E-state index contributed by atoms with van der Waals surface area (Å²) in [5, 5.41) is 0. The van der Waals surface area contributed by atoms with E-state index in [9.17, 15) is 8.42 Å². The molecule has 0 saturated carbocycles. The van der Waals surface area contributed by atoms with E-state index in [1.165, 1.54) is 11.8 Å². The normalized spacial score (nSPS) is 11.8. The van der Waals surface area contributed by atoms with E-state index in [1.807, 2.05) is 6.26 Å². The second kappa shape index (κ2) is 3.58. The van der Waals surface area contributed by atoms with E-state index in [-0.39, 0.29) is 5.75 Å². The summed E-state index contributed by atoms with van der Waals surface area (Å²) in [6.45, 7) is 0. The third kappa shape index (κ3) is 6.59. The van der Waals surface area contributed by atoms with Crippen LogP contribution in [0.25, 0.3) is 0 Å². The van der Waals surface area contributed by atoms with Crippen molar-refractivity contribution in [2.75, 3.05) is 17.8 Å². The Morgan fingerprint density at radius 1 is 1.62 bits per heavy atom. The highest BCUT2D eigenvalue weighted by Crippen LogP contribution is 2.00. The largest absolute Gasteiger partial charge is 0.233 e. The molecule has 0 N–H and O–H groups in total.